The molecule has 1 atom stereocenters. The van der Waals surface area contributed by atoms with Gasteiger partial charge in [0.1, 0.15) is 0 Å². The Morgan fingerprint density at radius 2 is 1.94 bits per heavy atom. The normalized spacial score (nSPS) is 14.9. The Balaban J connectivity index is 2.22. The molecule has 1 aromatic heterocycles. The molecule has 0 N–H and O–H groups in total. The molecule has 17 heavy (non-hydrogen) atoms. The molecule has 0 spiro atoms. The van der Waals surface area contributed by atoms with Crippen LogP contribution < -0.4 is 0 Å². The number of aryl methyl sites for hydroxylation is 2. The van der Waals surface area contributed by atoms with Gasteiger partial charge in [0, 0.05) is 18.0 Å². The Labute approximate surface area is 102 Å². The second kappa shape index (κ2) is 4.04. The summed E-state index contributed by atoms with van der Waals surface area (Å²) in [5, 5.41) is 0.417. The van der Waals surface area contributed by atoms with E-state index in [1.807, 2.05) is 18.3 Å². The van der Waals surface area contributed by atoms with Gasteiger partial charge in [0.2, 0.25) is 5.16 Å². The van der Waals surface area contributed by atoms with Crippen molar-refractivity contribution in [3.8, 4) is 11.3 Å². The summed E-state index contributed by atoms with van der Waals surface area (Å²) >= 11 is 0. The van der Waals surface area contributed by atoms with Crippen molar-refractivity contribution in [2.24, 2.45) is 0 Å². The van der Waals surface area contributed by atoms with Crippen molar-refractivity contribution in [3.05, 3.63) is 41.6 Å². The van der Waals surface area contributed by atoms with Crippen LogP contribution in [0, 0.1) is 0 Å². The first kappa shape index (κ1) is 10.6. The number of hydrogen-bond donors (Lipinski definition) is 0. The summed E-state index contributed by atoms with van der Waals surface area (Å²) in [5.74, 6) is 0. The Morgan fingerprint density at radius 1 is 1.18 bits per heavy atom. The van der Waals surface area contributed by atoms with Crippen molar-refractivity contribution in [3.63, 3.8) is 0 Å². The SMILES string of the molecule is CS(=O)c1ncc2c(n1)-c1ccccc1CC2. The summed E-state index contributed by atoms with van der Waals surface area (Å²) in [7, 11) is -1.13. The predicted molar refractivity (Wildman–Crippen MR) is 67.2 cm³/mol. The smallest absolute Gasteiger partial charge is 0.218 e. The number of aromatic nitrogens is 2. The molecule has 0 aliphatic heterocycles. The number of fused-ring (bicyclic) bond motifs is 3. The molecule has 86 valence electrons. The first-order valence-electron chi connectivity index (χ1n) is 5.53. The maximum atomic E-state index is 11.4. The minimum absolute atomic E-state index is 0.417. The lowest BCUT2D eigenvalue weighted by Gasteiger charge is -2.18. The lowest BCUT2D eigenvalue weighted by Crippen LogP contribution is -2.09. The van der Waals surface area contributed by atoms with Gasteiger partial charge >= 0.3 is 0 Å². The van der Waals surface area contributed by atoms with Gasteiger partial charge in [0.15, 0.2) is 0 Å². The molecular formula is C13H12N2OS. The Bertz CT molecular complexity index is 610. The summed E-state index contributed by atoms with van der Waals surface area (Å²) < 4.78 is 11.4. The van der Waals surface area contributed by atoms with E-state index < -0.39 is 10.8 Å². The molecule has 1 aliphatic carbocycles. The van der Waals surface area contributed by atoms with E-state index in [1.165, 1.54) is 5.56 Å². The quantitative estimate of drug-likeness (QED) is 0.720. The average Bonchev–Trinajstić information content (AvgIpc) is 2.38. The molecule has 0 amide bonds. The minimum atomic E-state index is -1.13. The van der Waals surface area contributed by atoms with Crippen LogP contribution in [0.4, 0.5) is 0 Å². The van der Waals surface area contributed by atoms with Crippen LogP contribution in [0.1, 0.15) is 11.1 Å². The standard InChI is InChI=1S/C13H12N2OS/c1-17(16)13-14-8-10-7-6-9-4-2-3-5-11(9)12(10)15-13/h2-5,8H,6-7H2,1H3. The van der Waals surface area contributed by atoms with E-state index >= 15 is 0 Å². The van der Waals surface area contributed by atoms with Gasteiger partial charge in [-0.2, -0.15) is 0 Å². The highest BCUT2D eigenvalue weighted by Crippen LogP contribution is 2.31. The minimum Gasteiger partial charge on any atom is -0.251 e. The number of rotatable bonds is 1. The van der Waals surface area contributed by atoms with Crippen molar-refractivity contribution < 1.29 is 4.21 Å². The van der Waals surface area contributed by atoms with Crippen molar-refractivity contribution in [1.29, 1.82) is 0 Å². The van der Waals surface area contributed by atoms with E-state index in [0.717, 1.165) is 29.7 Å². The predicted octanol–water partition coefficient (Wildman–Crippen LogP) is 1.98. The molecule has 1 aromatic carbocycles. The van der Waals surface area contributed by atoms with Gasteiger partial charge in [-0.15, -0.1) is 0 Å². The largest absolute Gasteiger partial charge is 0.251 e. The van der Waals surface area contributed by atoms with Crippen LogP contribution in [0.5, 0.6) is 0 Å². The average molecular weight is 244 g/mol. The van der Waals surface area contributed by atoms with Gasteiger partial charge in [-0.1, -0.05) is 24.3 Å². The maximum Gasteiger partial charge on any atom is 0.218 e. The zero-order chi connectivity index (χ0) is 11.8. The zero-order valence-corrected chi connectivity index (χ0v) is 10.3. The van der Waals surface area contributed by atoms with E-state index in [1.54, 1.807) is 6.26 Å². The molecule has 1 unspecified atom stereocenters. The molecule has 0 fully saturated rings. The molecule has 0 bridgehead atoms. The van der Waals surface area contributed by atoms with Gasteiger partial charge in [-0.05, 0) is 24.0 Å². The fraction of sp³-hybridized carbons (Fsp3) is 0.231. The van der Waals surface area contributed by atoms with Gasteiger partial charge < -0.3 is 0 Å². The fourth-order valence-corrected chi connectivity index (χ4v) is 2.60. The third kappa shape index (κ3) is 1.78. The number of benzene rings is 1. The summed E-state index contributed by atoms with van der Waals surface area (Å²) in [6, 6.07) is 8.26. The zero-order valence-electron chi connectivity index (χ0n) is 9.51. The summed E-state index contributed by atoms with van der Waals surface area (Å²) in [5.41, 5.74) is 4.57. The van der Waals surface area contributed by atoms with Gasteiger partial charge in [-0.25, -0.2) is 9.97 Å². The lowest BCUT2D eigenvalue weighted by molar-refractivity contribution is 0.679. The molecule has 0 saturated carbocycles. The van der Waals surface area contributed by atoms with Crippen LogP contribution in [-0.4, -0.2) is 20.4 Å². The molecule has 1 heterocycles. The van der Waals surface area contributed by atoms with Crippen LogP contribution in [0.15, 0.2) is 35.6 Å². The second-order valence-electron chi connectivity index (χ2n) is 4.14. The van der Waals surface area contributed by atoms with Crippen LogP contribution in [0.2, 0.25) is 0 Å². The third-order valence-corrected chi connectivity index (χ3v) is 3.75. The van der Waals surface area contributed by atoms with E-state index in [-0.39, 0.29) is 0 Å². The number of hydrogen-bond acceptors (Lipinski definition) is 3. The van der Waals surface area contributed by atoms with Crippen LogP contribution in [0.25, 0.3) is 11.3 Å². The fourth-order valence-electron chi connectivity index (χ4n) is 2.18. The van der Waals surface area contributed by atoms with E-state index in [9.17, 15) is 4.21 Å². The second-order valence-corrected chi connectivity index (χ2v) is 5.41. The Kier molecular flexibility index (Phi) is 2.52. The first-order valence-corrected chi connectivity index (χ1v) is 7.09. The van der Waals surface area contributed by atoms with Gasteiger partial charge in [0.25, 0.3) is 0 Å². The summed E-state index contributed by atoms with van der Waals surface area (Å²) in [4.78, 5) is 8.60. The lowest BCUT2D eigenvalue weighted by atomic mass is 9.90. The molecule has 3 rings (SSSR count). The van der Waals surface area contributed by atoms with Crippen LogP contribution in [-0.2, 0) is 23.6 Å². The highest BCUT2D eigenvalue weighted by Gasteiger charge is 2.18. The molecule has 0 radical (unpaired) electrons. The highest BCUT2D eigenvalue weighted by molar-refractivity contribution is 7.84. The van der Waals surface area contributed by atoms with Crippen molar-refractivity contribution >= 4 is 10.8 Å². The highest BCUT2D eigenvalue weighted by atomic mass is 32.2. The van der Waals surface area contributed by atoms with E-state index in [4.69, 9.17) is 0 Å². The monoisotopic (exact) mass is 244 g/mol. The molecule has 0 saturated heterocycles. The molecular weight excluding hydrogens is 232 g/mol. The third-order valence-electron chi connectivity index (χ3n) is 3.04. The molecule has 2 aromatic rings. The van der Waals surface area contributed by atoms with Crippen LogP contribution >= 0.6 is 0 Å². The van der Waals surface area contributed by atoms with Crippen LogP contribution in [0.3, 0.4) is 0 Å². The van der Waals surface area contributed by atoms with E-state index in [2.05, 4.69) is 22.1 Å². The molecule has 1 aliphatic rings. The first-order chi connectivity index (χ1) is 8.25. The Morgan fingerprint density at radius 3 is 2.76 bits per heavy atom. The Hall–Kier alpha value is -1.55. The van der Waals surface area contributed by atoms with Gasteiger partial charge in [0.05, 0.1) is 16.5 Å². The van der Waals surface area contributed by atoms with Gasteiger partial charge in [-0.3, -0.25) is 4.21 Å². The summed E-state index contributed by atoms with van der Waals surface area (Å²) in [6.07, 6.45) is 5.41. The van der Waals surface area contributed by atoms with Crippen molar-refractivity contribution in [2.75, 3.05) is 6.26 Å². The molecule has 3 nitrogen and oxygen atoms in total. The maximum absolute atomic E-state index is 11.4. The summed E-state index contributed by atoms with van der Waals surface area (Å²) in [6.45, 7) is 0. The van der Waals surface area contributed by atoms with E-state index in [0.29, 0.717) is 5.16 Å². The number of nitrogens with zero attached hydrogens (tertiary/aromatic N) is 2. The molecule has 4 heteroatoms. The topological polar surface area (TPSA) is 42.9 Å². The van der Waals surface area contributed by atoms with Crippen molar-refractivity contribution in [2.45, 2.75) is 18.0 Å². The van der Waals surface area contributed by atoms with Crippen molar-refractivity contribution in [1.82, 2.24) is 9.97 Å².